The van der Waals surface area contributed by atoms with Gasteiger partial charge in [-0.05, 0) is 61.0 Å². The van der Waals surface area contributed by atoms with Crippen molar-refractivity contribution in [1.82, 2.24) is 9.55 Å². The molecule has 0 aliphatic carbocycles. The number of hydrogen-bond donors (Lipinski definition) is 1. The van der Waals surface area contributed by atoms with Gasteiger partial charge < -0.3 is 14.6 Å². The summed E-state index contributed by atoms with van der Waals surface area (Å²) in [5.74, 6) is 1.50. The van der Waals surface area contributed by atoms with Crippen LogP contribution in [0.25, 0.3) is 11.0 Å². The normalized spacial score (nSPS) is 10.9. The number of aromatic nitrogens is 2. The summed E-state index contributed by atoms with van der Waals surface area (Å²) in [7, 11) is 0. The van der Waals surface area contributed by atoms with E-state index in [0.29, 0.717) is 18.1 Å². The third-order valence-electron chi connectivity index (χ3n) is 4.76. The van der Waals surface area contributed by atoms with E-state index in [1.807, 2.05) is 84.3 Å². The Bertz CT molecular complexity index is 1150. The summed E-state index contributed by atoms with van der Waals surface area (Å²) in [4.78, 5) is 17.5. The number of ether oxygens (including phenoxy) is 1. The number of amides is 1. The molecule has 0 spiro atoms. The first kappa shape index (κ1) is 20.0. The van der Waals surface area contributed by atoms with E-state index in [1.54, 1.807) is 0 Å². The maximum absolute atomic E-state index is 12.8. The van der Waals surface area contributed by atoms with Crippen molar-refractivity contribution < 1.29 is 9.53 Å². The van der Waals surface area contributed by atoms with E-state index in [0.717, 1.165) is 33.9 Å². The van der Waals surface area contributed by atoms with E-state index in [2.05, 4.69) is 5.32 Å². The van der Waals surface area contributed by atoms with Crippen molar-refractivity contribution in [2.75, 3.05) is 11.9 Å². The third kappa shape index (κ3) is 4.63. The van der Waals surface area contributed by atoms with Crippen LogP contribution in [-0.4, -0.2) is 22.1 Å². The molecule has 3 aromatic carbocycles. The van der Waals surface area contributed by atoms with Crippen LogP contribution in [0.2, 0.25) is 5.02 Å². The Balaban J connectivity index is 1.56. The molecule has 0 saturated heterocycles. The minimum absolute atomic E-state index is 0.111. The van der Waals surface area contributed by atoms with E-state index in [9.17, 15) is 4.79 Å². The van der Waals surface area contributed by atoms with Crippen LogP contribution in [0.5, 0.6) is 5.75 Å². The lowest BCUT2D eigenvalue weighted by Crippen LogP contribution is -2.20. The second-order valence-corrected chi connectivity index (χ2v) is 7.35. The number of para-hydroxylation sites is 2. The zero-order chi connectivity index (χ0) is 20.9. The Hall–Kier alpha value is -3.31. The first-order valence-corrected chi connectivity index (χ1v) is 10.2. The van der Waals surface area contributed by atoms with Gasteiger partial charge in [0.25, 0.3) is 0 Å². The number of anilines is 1. The molecule has 1 N–H and O–H groups in total. The van der Waals surface area contributed by atoms with Crippen molar-refractivity contribution in [2.45, 2.75) is 19.9 Å². The maximum Gasteiger partial charge on any atom is 0.244 e. The molecule has 0 atom stereocenters. The largest absolute Gasteiger partial charge is 0.494 e. The molecule has 4 aromatic rings. The molecule has 0 fully saturated rings. The SMILES string of the molecule is CCOc1ccc(NC(=O)Cn2c(Cc3ccc(Cl)cc3)nc3ccccc32)cc1. The van der Waals surface area contributed by atoms with Crippen molar-refractivity contribution >= 4 is 34.2 Å². The fraction of sp³-hybridized carbons (Fsp3) is 0.167. The number of nitrogens with one attached hydrogen (secondary N) is 1. The summed E-state index contributed by atoms with van der Waals surface area (Å²) in [6.07, 6.45) is 0.613. The smallest absolute Gasteiger partial charge is 0.244 e. The highest BCUT2D eigenvalue weighted by Crippen LogP contribution is 2.20. The number of halogens is 1. The zero-order valence-corrected chi connectivity index (χ0v) is 17.4. The Morgan fingerprint density at radius 1 is 1.03 bits per heavy atom. The molecule has 1 heterocycles. The number of imidazole rings is 1. The lowest BCUT2D eigenvalue weighted by molar-refractivity contribution is -0.116. The number of carbonyl (C=O) groups is 1. The zero-order valence-electron chi connectivity index (χ0n) is 16.6. The quantitative estimate of drug-likeness (QED) is 0.441. The molecule has 0 unspecified atom stereocenters. The predicted molar refractivity (Wildman–Crippen MR) is 120 cm³/mol. The lowest BCUT2D eigenvalue weighted by Gasteiger charge is -2.11. The van der Waals surface area contributed by atoms with Gasteiger partial charge in [-0.3, -0.25) is 4.79 Å². The topological polar surface area (TPSA) is 56.1 Å². The Morgan fingerprint density at radius 2 is 1.77 bits per heavy atom. The number of carbonyl (C=O) groups excluding carboxylic acids is 1. The summed E-state index contributed by atoms with van der Waals surface area (Å²) in [6, 6.07) is 22.9. The van der Waals surface area contributed by atoms with Crippen molar-refractivity contribution in [1.29, 1.82) is 0 Å². The van der Waals surface area contributed by atoms with E-state index < -0.39 is 0 Å². The first-order chi connectivity index (χ1) is 14.6. The van der Waals surface area contributed by atoms with Crippen molar-refractivity contribution in [3.63, 3.8) is 0 Å². The van der Waals surface area contributed by atoms with Gasteiger partial charge in [0.05, 0.1) is 17.6 Å². The second-order valence-electron chi connectivity index (χ2n) is 6.91. The van der Waals surface area contributed by atoms with Gasteiger partial charge in [-0.1, -0.05) is 35.9 Å². The van der Waals surface area contributed by atoms with E-state index in [1.165, 1.54) is 0 Å². The van der Waals surface area contributed by atoms with Crippen LogP contribution in [0.3, 0.4) is 0 Å². The third-order valence-corrected chi connectivity index (χ3v) is 5.01. The molecule has 1 amide bonds. The van der Waals surface area contributed by atoms with Crippen LogP contribution >= 0.6 is 11.6 Å². The molecule has 0 aliphatic rings. The molecule has 1 aromatic heterocycles. The highest BCUT2D eigenvalue weighted by molar-refractivity contribution is 6.30. The average Bonchev–Trinajstić information content (AvgIpc) is 3.08. The predicted octanol–water partition coefficient (Wildman–Crippen LogP) is 5.32. The van der Waals surface area contributed by atoms with Gasteiger partial charge in [-0.2, -0.15) is 0 Å². The Kier molecular flexibility index (Phi) is 6.00. The summed E-state index contributed by atoms with van der Waals surface area (Å²) in [5.41, 5.74) is 3.62. The molecule has 4 rings (SSSR count). The summed E-state index contributed by atoms with van der Waals surface area (Å²) in [5, 5.41) is 3.65. The van der Waals surface area contributed by atoms with Gasteiger partial charge in [0, 0.05) is 17.1 Å². The molecule has 0 radical (unpaired) electrons. The summed E-state index contributed by atoms with van der Waals surface area (Å²) < 4.78 is 7.41. The minimum Gasteiger partial charge on any atom is -0.494 e. The van der Waals surface area contributed by atoms with Gasteiger partial charge in [0.1, 0.15) is 18.1 Å². The van der Waals surface area contributed by atoms with Crippen LogP contribution in [0, 0.1) is 0 Å². The summed E-state index contributed by atoms with van der Waals surface area (Å²) in [6.45, 7) is 2.72. The fourth-order valence-electron chi connectivity index (χ4n) is 3.37. The molecular formula is C24H22ClN3O2. The van der Waals surface area contributed by atoms with Gasteiger partial charge in [0.15, 0.2) is 0 Å². The first-order valence-electron chi connectivity index (χ1n) is 9.83. The molecule has 0 bridgehead atoms. The second kappa shape index (κ2) is 9.01. The fourth-order valence-corrected chi connectivity index (χ4v) is 3.49. The molecule has 0 saturated carbocycles. The van der Waals surface area contributed by atoms with E-state index in [-0.39, 0.29) is 12.5 Å². The van der Waals surface area contributed by atoms with Gasteiger partial charge in [-0.15, -0.1) is 0 Å². The molecule has 6 heteroatoms. The van der Waals surface area contributed by atoms with Crippen LogP contribution in [0.15, 0.2) is 72.8 Å². The highest BCUT2D eigenvalue weighted by Gasteiger charge is 2.14. The lowest BCUT2D eigenvalue weighted by atomic mass is 10.1. The van der Waals surface area contributed by atoms with Gasteiger partial charge >= 0.3 is 0 Å². The summed E-state index contributed by atoms with van der Waals surface area (Å²) >= 11 is 6.00. The number of nitrogens with zero attached hydrogens (tertiary/aromatic N) is 2. The highest BCUT2D eigenvalue weighted by atomic mass is 35.5. The maximum atomic E-state index is 12.8. The number of benzene rings is 3. The van der Waals surface area contributed by atoms with Crippen molar-refractivity contribution in [3.05, 3.63) is 89.2 Å². The minimum atomic E-state index is -0.111. The number of hydrogen-bond acceptors (Lipinski definition) is 3. The molecule has 30 heavy (non-hydrogen) atoms. The van der Waals surface area contributed by atoms with Crippen molar-refractivity contribution in [3.8, 4) is 5.75 Å². The molecule has 152 valence electrons. The number of fused-ring (bicyclic) bond motifs is 1. The Morgan fingerprint density at radius 3 is 2.50 bits per heavy atom. The molecular weight excluding hydrogens is 398 g/mol. The number of rotatable bonds is 7. The van der Waals surface area contributed by atoms with Crippen molar-refractivity contribution in [2.24, 2.45) is 0 Å². The van der Waals surface area contributed by atoms with Gasteiger partial charge in [0.2, 0.25) is 5.91 Å². The van der Waals surface area contributed by atoms with Crippen LogP contribution in [-0.2, 0) is 17.8 Å². The average molecular weight is 420 g/mol. The van der Waals surface area contributed by atoms with E-state index in [4.69, 9.17) is 21.3 Å². The monoisotopic (exact) mass is 419 g/mol. The van der Waals surface area contributed by atoms with Crippen LogP contribution in [0.1, 0.15) is 18.3 Å². The van der Waals surface area contributed by atoms with E-state index >= 15 is 0 Å². The standard InChI is InChI=1S/C24H22ClN3O2/c1-2-30-20-13-11-19(12-14-20)26-24(29)16-28-22-6-4-3-5-21(22)27-23(28)15-17-7-9-18(25)10-8-17/h3-14H,2,15-16H2,1H3,(H,26,29). The van der Waals surface area contributed by atoms with Gasteiger partial charge in [-0.25, -0.2) is 4.98 Å². The molecule has 5 nitrogen and oxygen atoms in total. The van der Waals surface area contributed by atoms with Crippen LogP contribution < -0.4 is 10.1 Å². The molecule has 0 aliphatic heterocycles. The Labute approximate surface area is 180 Å². The van der Waals surface area contributed by atoms with Crippen LogP contribution in [0.4, 0.5) is 5.69 Å².